The number of rotatable bonds is 8. The number of imidazole rings is 1. The molecule has 1 aliphatic carbocycles. The van der Waals surface area contributed by atoms with E-state index in [9.17, 15) is 18.8 Å². The fraction of sp³-hybridized carbons (Fsp3) is 0.538. The summed E-state index contributed by atoms with van der Waals surface area (Å²) in [5.74, 6) is -0.348. The van der Waals surface area contributed by atoms with Gasteiger partial charge in [-0.1, -0.05) is 23.7 Å². The number of nitrogens with zero attached hydrogens (tertiary/aromatic N) is 4. The van der Waals surface area contributed by atoms with Crippen LogP contribution < -0.4 is 5.32 Å². The molecule has 1 saturated heterocycles. The van der Waals surface area contributed by atoms with Gasteiger partial charge in [-0.15, -0.1) is 11.8 Å². The van der Waals surface area contributed by atoms with Gasteiger partial charge in [0.2, 0.25) is 5.91 Å². The number of benzene rings is 1. The second-order valence-corrected chi connectivity index (χ2v) is 13.6. The molecule has 11 heteroatoms. The number of carbonyl (C=O) groups excluding carboxylic acids is 3. The Morgan fingerprint density at radius 1 is 1.19 bits per heavy atom. The number of amides is 3. The zero-order valence-electron chi connectivity index (χ0n) is 21.2. The van der Waals surface area contributed by atoms with Gasteiger partial charge in [0.1, 0.15) is 11.4 Å². The molecule has 0 atom stereocenters. The van der Waals surface area contributed by atoms with Gasteiger partial charge in [0, 0.05) is 35.9 Å². The summed E-state index contributed by atoms with van der Waals surface area (Å²) in [5.41, 5.74) is -0.00338. The number of alkyl halides is 1. The predicted molar refractivity (Wildman–Crippen MR) is 140 cm³/mol. The molecular formula is C26H31ClFN5O3S. The lowest BCUT2D eigenvalue weighted by molar-refractivity contribution is -0.145. The largest absolute Gasteiger partial charge is 0.345 e. The molecule has 2 aliphatic heterocycles. The predicted octanol–water partition coefficient (Wildman–Crippen LogP) is 3.54. The van der Waals surface area contributed by atoms with Crippen molar-refractivity contribution in [3.8, 4) is 0 Å². The van der Waals surface area contributed by atoms with Crippen LogP contribution in [0.5, 0.6) is 0 Å². The Bertz CT molecular complexity index is 1230. The molecule has 0 bridgehead atoms. The van der Waals surface area contributed by atoms with Gasteiger partial charge in [-0.25, -0.2) is 9.37 Å². The molecule has 37 heavy (non-hydrogen) atoms. The molecule has 2 fully saturated rings. The van der Waals surface area contributed by atoms with E-state index < -0.39 is 10.4 Å². The molecule has 3 amide bonds. The van der Waals surface area contributed by atoms with Gasteiger partial charge in [-0.05, 0) is 51.3 Å². The molecule has 0 radical (unpaired) electrons. The maximum Gasteiger partial charge on any atom is 0.287 e. The molecule has 0 spiro atoms. The van der Waals surface area contributed by atoms with Crippen LogP contribution in [0.25, 0.3) is 0 Å². The highest BCUT2D eigenvalue weighted by Gasteiger charge is 2.53. The number of nitrogens with one attached hydrogen (secondary N) is 1. The summed E-state index contributed by atoms with van der Waals surface area (Å²) in [6.45, 7) is 7.33. The first-order valence-corrected chi connectivity index (χ1v) is 13.6. The lowest BCUT2D eigenvalue weighted by atomic mass is 9.97. The van der Waals surface area contributed by atoms with Crippen LogP contribution in [0.3, 0.4) is 0 Å². The quantitative estimate of drug-likeness (QED) is 0.546. The van der Waals surface area contributed by atoms with Crippen LogP contribution in [-0.4, -0.2) is 78.4 Å². The summed E-state index contributed by atoms with van der Waals surface area (Å²) >= 11 is 7.50. The van der Waals surface area contributed by atoms with E-state index in [2.05, 4.69) is 10.3 Å². The highest BCUT2D eigenvalue weighted by atomic mass is 35.5. The Balaban J connectivity index is 1.20. The number of likely N-dealkylation sites (tertiary alicyclic amines) is 1. The second-order valence-electron chi connectivity index (χ2n) is 11.0. The number of halogens is 2. The average Bonchev–Trinajstić information content (AvgIpc) is 3.41. The topological polar surface area (TPSA) is 87.5 Å². The van der Waals surface area contributed by atoms with E-state index in [4.69, 9.17) is 11.6 Å². The van der Waals surface area contributed by atoms with Crippen molar-refractivity contribution in [3.05, 3.63) is 52.6 Å². The molecule has 3 heterocycles. The van der Waals surface area contributed by atoms with Crippen molar-refractivity contribution in [1.29, 1.82) is 0 Å². The maximum atomic E-state index is 13.9. The van der Waals surface area contributed by atoms with Gasteiger partial charge in [-0.3, -0.25) is 14.4 Å². The normalized spacial score (nSPS) is 19.8. The van der Waals surface area contributed by atoms with Crippen molar-refractivity contribution >= 4 is 41.1 Å². The van der Waals surface area contributed by atoms with Crippen molar-refractivity contribution in [2.24, 2.45) is 0 Å². The maximum absolute atomic E-state index is 13.9. The third kappa shape index (κ3) is 5.36. The highest BCUT2D eigenvalue weighted by Crippen LogP contribution is 2.54. The Morgan fingerprint density at radius 3 is 2.49 bits per heavy atom. The van der Waals surface area contributed by atoms with Gasteiger partial charge in [0.05, 0.1) is 24.0 Å². The molecule has 198 valence electrons. The minimum absolute atomic E-state index is 0.0591. The lowest BCUT2D eigenvalue weighted by Crippen LogP contribution is -2.62. The standard InChI is InChI=1S/C26H31ClFN5O3S/c1-24(2,23(36)32-14-25(3,28)15-32)37-26(8-9-26)16-31-10-11-33-19(22(31)35)13-29-20(33)21(34)30-12-17-4-6-18(27)7-5-17/h4-7,13H,8-12,14-16H2,1-3H3,(H,30,34). The Labute approximate surface area is 224 Å². The summed E-state index contributed by atoms with van der Waals surface area (Å²) in [7, 11) is 0. The van der Waals surface area contributed by atoms with E-state index in [-0.39, 0.29) is 41.4 Å². The number of aromatic nitrogens is 2. The zero-order chi connectivity index (χ0) is 26.6. The van der Waals surface area contributed by atoms with E-state index in [0.29, 0.717) is 36.9 Å². The molecule has 8 nitrogen and oxygen atoms in total. The number of fused-ring (bicyclic) bond motifs is 1. The van der Waals surface area contributed by atoms with Crippen molar-refractivity contribution in [2.75, 3.05) is 26.2 Å². The van der Waals surface area contributed by atoms with E-state index >= 15 is 0 Å². The summed E-state index contributed by atoms with van der Waals surface area (Å²) in [6, 6.07) is 7.21. The summed E-state index contributed by atoms with van der Waals surface area (Å²) < 4.78 is 14.7. The molecule has 1 aromatic carbocycles. The van der Waals surface area contributed by atoms with Gasteiger partial charge in [0.25, 0.3) is 11.8 Å². The molecule has 1 aromatic heterocycles. The average molecular weight is 548 g/mol. The van der Waals surface area contributed by atoms with Crippen LogP contribution in [-0.2, 0) is 17.9 Å². The first kappa shape index (κ1) is 26.0. The van der Waals surface area contributed by atoms with Crippen LogP contribution >= 0.6 is 23.4 Å². The van der Waals surface area contributed by atoms with Crippen molar-refractivity contribution in [1.82, 2.24) is 24.7 Å². The zero-order valence-corrected chi connectivity index (χ0v) is 22.8. The minimum Gasteiger partial charge on any atom is -0.345 e. The number of hydrogen-bond donors (Lipinski definition) is 1. The Morgan fingerprint density at radius 2 is 1.86 bits per heavy atom. The van der Waals surface area contributed by atoms with E-state index in [0.717, 1.165) is 18.4 Å². The first-order chi connectivity index (χ1) is 17.4. The molecule has 1 N–H and O–H groups in total. The van der Waals surface area contributed by atoms with Crippen LogP contribution in [0, 0.1) is 0 Å². The van der Waals surface area contributed by atoms with Gasteiger partial charge in [-0.2, -0.15) is 0 Å². The third-order valence-electron chi connectivity index (χ3n) is 7.13. The highest BCUT2D eigenvalue weighted by molar-refractivity contribution is 8.03. The van der Waals surface area contributed by atoms with E-state index in [1.807, 2.05) is 26.0 Å². The molecule has 0 unspecified atom stereocenters. The molecule has 5 rings (SSSR count). The van der Waals surface area contributed by atoms with Crippen LogP contribution in [0.15, 0.2) is 30.5 Å². The van der Waals surface area contributed by atoms with Gasteiger partial charge in [0.15, 0.2) is 5.82 Å². The van der Waals surface area contributed by atoms with Crippen molar-refractivity contribution in [3.63, 3.8) is 0 Å². The SMILES string of the molecule is CC1(F)CN(C(=O)C(C)(C)SC2(CN3CCn4c(cnc4C(=O)NCc4ccc(Cl)cc4)C3=O)CC2)C1. The molecule has 1 saturated carbocycles. The fourth-order valence-corrected chi connectivity index (χ4v) is 7.04. The van der Waals surface area contributed by atoms with Gasteiger partial charge >= 0.3 is 0 Å². The monoisotopic (exact) mass is 547 g/mol. The second kappa shape index (κ2) is 9.31. The van der Waals surface area contributed by atoms with Crippen LogP contribution in [0.2, 0.25) is 5.02 Å². The summed E-state index contributed by atoms with van der Waals surface area (Å²) in [4.78, 5) is 46.7. The fourth-order valence-electron chi connectivity index (χ4n) is 5.09. The van der Waals surface area contributed by atoms with E-state index in [1.165, 1.54) is 13.1 Å². The third-order valence-corrected chi connectivity index (χ3v) is 9.03. The number of hydrogen-bond acceptors (Lipinski definition) is 5. The van der Waals surface area contributed by atoms with Crippen molar-refractivity contribution < 1.29 is 18.8 Å². The van der Waals surface area contributed by atoms with Crippen molar-refractivity contribution in [2.45, 2.75) is 61.9 Å². The summed E-state index contributed by atoms with van der Waals surface area (Å²) in [5, 5.41) is 3.48. The molecule has 2 aromatic rings. The van der Waals surface area contributed by atoms with Gasteiger partial charge < -0.3 is 19.7 Å². The number of thioether (sulfide) groups is 1. The smallest absolute Gasteiger partial charge is 0.287 e. The minimum atomic E-state index is -1.30. The Kier molecular flexibility index (Phi) is 6.55. The lowest BCUT2D eigenvalue weighted by Gasteiger charge is -2.46. The molecule has 3 aliphatic rings. The Hall–Kier alpha value is -2.59. The first-order valence-electron chi connectivity index (χ1n) is 12.4. The van der Waals surface area contributed by atoms with Crippen LogP contribution in [0.4, 0.5) is 4.39 Å². The number of carbonyl (C=O) groups is 3. The molecular weight excluding hydrogens is 517 g/mol. The van der Waals surface area contributed by atoms with E-state index in [1.54, 1.807) is 38.3 Å². The summed E-state index contributed by atoms with van der Waals surface area (Å²) in [6.07, 6.45) is 3.29. The van der Waals surface area contributed by atoms with Crippen LogP contribution in [0.1, 0.15) is 60.3 Å².